The molecule has 0 radical (unpaired) electrons. The molecule has 5 nitrogen and oxygen atoms in total. The van der Waals surface area contributed by atoms with Gasteiger partial charge in [-0.05, 0) is 36.5 Å². The zero-order valence-electron chi connectivity index (χ0n) is 18.3. The lowest BCUT2D eigenvalue weighted by Gasteiger charge is -2.35. The summed E-state index contributed by atoms with van der Waals surface area (Å²) in [6.45, 7) is 4.70. The van der Waals surface area contributed by atoms with E-state index < -0.39 is 29.4 Å². The number of aromatic nitrogens is 2. The van der Waals surface area contributed by atoms with Gasteiger partial charge in [0.25, 0.3) is 0 Å². The van der Waals surface area contributed by atoms with Gasteiger partial charge in [-0.15, -0.1) is 0 Å². The summed E-state index contributed by atoms with van der Waals surface area (Å²) >= 11 is 6.02. The Hall–Kier alpha value is -2.78. The van der Waals surface area contributed by atoms with E-state index in [4.69, 9.17) is 16.3 Å². The zero-order chi connectivity index (χ0) is 24.6. The number of benzene rings is 2. The van der Waals surface area contributed by atoms with Crippen LogP contribution in [-0.2, 0) is 5.41 Å². The van der Waals surface area contributed by atoms with E-state index in [2.05, 4.69) is 15.0 Å². The Morgan fingerprint density at radius 1 is 1.18 bits per heavy atom. The van der Waals surface area contributed by atoms with Crippen LogP contribution in [0.15, 0.2) is 41.5 Å². The number of aliphatic imine (C=N–C) groups is 1. The normalized spacial score (nSPS) is 14.6. The van der Waals surface area contributed by atoms with E-state index in [1.807, 2.05) is 0 Å². The summed E-state index contributed by atoms with van der Waals surface area (Å²) in [4.78, 5) is 11.9. The lowest BCUT2D eigenvalue weighted by molar-refractivity contribution is -0.234. The number of fused-ring (bicyclic) bond motifs is 1. The molecule has 10 heteroatoms. The highest BCUT2D eigenvalue weighted by Crippen LogP contribution is 2.42. The molecule has 1 N–H and O–H groups in total. The maximum atomic E-state index is 14.0. The molecule has 0 saturated carbocycles. The Morgan fingerprint density at radius 3 is 2.52 bits per heavy atom. The second-order valence-electron chi connectivity index (χ2n) is 8.37. The monoisotopic (exact) mass is 483 g/mol. The number of nitrogens with zero attached hydrogens (tertiary/aromatic N) is 3. The molecule has 3 aromatic rings. The summed E-state index contributed by atoms with van der Waals surface area (Å²) in [5, 5.41) is 11.3. The number of rotatable bonds is 6. The second kappa shape index (κ2) is 8.87. The molecular formula is C23H22ClF4N3O2. The van der Waals surface area contributed by atoms with Gasteiger partial charge in [-0.1, -0.05) is 31.5 Å². The lowest BCUT2D eigenvalue weighted by Crippen LogP contribution is -2.50. The van der Waals surface area contributed by atoms with Crippen LogP contribution in [0.25, 0.3) is 10.9 Å². The quantitative estimate of drug-likeness (QED) is 0.339. The molecule has 1 atom stereocenters. The Morgan fingerprint density at radius 2 is 1.88 bits per heavy atom. The summed E-state index contributed by atoms with van der Waals surface area (Å²) in [5.41, 5.74) is -3.94. The molecule has 176 valence electrons. The SMILES string of the molecule is COc1cc(C(C)(C)CC(O)(C=Nc2cc(F)cc3nc(C)ncc23)C(F)(F)F)ccc1Cl. The molecule has 33 heavy (non-hydrogen) atoms. The number of alkyl halides is 3. The minimum absolute atomic E-state index is 0.126. The molecule has 1 aromatic heterocycles. The van der Waals surface area contributed by atoms with Crippen LogP contribution in [0.2, 0.25) is 5.02 Å². The van der Waals surface area contributed by atoms with Crippen LogP contribution >= 0.6 is 11.6 Å². The predicted octanol–water partition coefficient (Wildman–Crippen LogP) is 6.10. The van der Waals surface area contributed by atoms with Crippen molar-refractivity contribution >= 4 is 34.4 Å². The van der Waals surface area contributed by atoms with Gasteiger partial charge in [-0.3, -0.25) is 4.99 Å². The number of hydrogen-bond acceptors (Lipinski definition) is 5. The third-order valence-corrected chi connectivity index (χ3v) is 5.63. The van der Waals surface area contributed by atoms with Crippen molar-refractivity contribution in [2.45, 2.75) is 44.4 Å². The maximum Gasteiger partial charge on any atom is 0.422 e. The van der Waals surface area contributed by atoms with E-state index in [9.17, 15) is 22.7 Å². The number of aliphatic hydroxyl groups is 1. The van der Waals surface area contributed by atoms with Gasteiger partial charge in [0.1, 0.15) is 17.4 Å². The zero-order valence-corrected chi connectivity index (χ0v) is 19.1. The number of aryl methyl sites for hydroxylation is 1. The number of methoxy groups -OCH3 is 1. The average Bonchev–Trinajstić information content (AvgIpc) is 2.70. The fraction of sp³-hybridized carbons (Fsp3) is 0.348. The van der Waals surface area contributed by atoms with Gasteiger partial charge >= 0.3 is 6.18 Å². The van der Waals surface area contributed by atoms with Gasteiger partial charge in [-0.2, -0.15) is 13.2 Å². The van der Waals surface area contributed by atoms with Crippen molar-refractivity contribution in [2.75, 3.05) is 7.11 Å². The Kier molecular flexibility index (Phi) is 6.68. The number of hydrogen-bond donors (Lipinski definition) is 1. The molecular weight excluding hydrogens is 462 g/mol. The van der Waals surface area contributed by atoms with Crippen LogP contribution in [0.1, 0.15) is 31.7 Å². The molecule has 0 aliphatic heterocycles. The highest BCUT2D eigenvalue weighted by atomic mass is 35.5. The van der Waals surface area contributed by atoms with Gasteiger partial charge in [0.2, 0.25) is 0 Å². The summed E-state index contributed by atoms with van der Waals surface area (Å²) in [6.07, 6.45) is -4.07. The van der Waals surface area contributed by atoms with Crippen LogP contribution in [-0.4, -0.2) is 40.2 Å². The van der Waals surface area contributed by atoms with Crippen molar-refractivity contribution in [3.05, 3.63) is 58.8 Å². The second-order valence-corrected chi connectivity index (χ2v) is 8.77. The standard InChI is InChI=1S/C23H22ClF4N3O2/c1-13-29-10-16-18(8-15(25)9-19(16)31-13)30-12-22(32,23(26,27)28)11-21(2,3)14-5-6-17(24)20(7-14)33-4/h5-10,12,32H,11H2,1-4H3. The first-order chi connectivity index (χ1) is 15.3. The lowest BCUT2D eigenvalue weighted by atomic mass is 9.75. The van der Waals surface area contributed by atoms with Crippen LogP contribution in [0, 0.1) is 12.7 Å². The van der Waals surface area contributed by atoms with E-state index in [0.29, 0.717) is 28.4 Å². The predicted molar refractivity (Wildman–Crippen MR) is 119 cm³/mol. The molecule has 0 bridgehead atoms. The molecule has 1 unspecified atom stereocenters. The van der Waals surface area contributed by atoms with Crippen LogP contribution in [0.4, 0.5) is 23.2 Å². The summed E-state index contributed by atoms with van der Waals surface area (Å²) in [5.74, 6) is -0.0557. The molecule has 3 rings (SSSR count). The van der Waals surface area contributed by atoms with Crippen molar-refractivity contribution in [1.82, 2.24) is 9.97 Å². The first kappa shape index (κ1) is 24.9. The third-order valence-electron chi connectivity index (χ3n) is 5.32. The number of halogens is 5. The van der Waals surface area contributed by atoms with E-state index in [-0.39, 0.29) is 16.6 Å². The molecule has 0 saturated heterocycles. The van der Waals surface area contributed by atoms with Crippen molar-refractivity contribution in [3.8, 4) is 5.75 Å². The van der Waals surface area contributed by atoms with Crippen molar-refractivity contribution in [3.63, 3.8) is 0 Å². The van der Waals surface area contributed by atoms with E-state index in [0.717, 1.165) is 12.1 Å². The van der Waals surface area contributed by atoms with Gasteiger partial charge in [0.05, 0.1) is 23.3 Å². The minimum Gasteiger partial charge on any atom is -0.495 e. The Balaban J connectivity index is 2.04. The smallest absolute Gasteiger partial charge is 0.422 e. The fourth-order valence-electron chi connectivity index (χ4n) is 3.53. The first-order valence-electron chi connectivity index (χ1n) is 9.87. The molecule has 0 aliphatic carbocycles. The molecule has 0 spiro atoms. The average molecular weight is 484 g/mol. The van der Waals surface area contributed by atoms with Crippen LogP contribution < -0.4 is 4.74 Å². The van der Waals surface area contributed by atoms with Crippen LogP contribution in [0.5, 0.6) is 5.75 Å². The highest BCUT2D eigenvalue weighted by Gasteiger charge is 2.55. The van der Waals surface area contributed by atoms with Gasteiger partial charge in [0.15, 0.2) is 5.60 Å². The van der Waals surface area contributed by atoms with E-state index in [1.54, 1.807) is 26.8 Å². The third kappa shape index (κ3) is 5.25. The molecule has 1 heterocycles. The summed E-state index contributed by atoms with van der Waals surface area (Å²) in [7, 11) is 1.39. The molecule has 0 fully saturated rings. The first-order valence-corrected chi connectivity index (χ1v) is 10.2. The van der Waals surface area contributed by atoms with E-state index >= 15 is 0 Å². The number of ether oxygens (including phenoxy) is 1. The van der Waals surface area contributed by atoms with Gasteiger partial charge in [-0.25, -0.2) is 14.4 Å². The van der Waals surface area contributed by atoms with Crippen molar-refractivity contribution < 1.29 is 27.4 Å². The maximum absolute atomic E-state index is 14.0. The minimum atomic E-state index is -5.06. The summed E-state index contributed by atoms with van der Waals surface area (Å²) < 4.78 is 61.3. The Bertz CT molecular complexity index is 1210. The van der Waals surface area contributed by atoms with Gasteiger partial charge < -0.3 is 9.84 Å². The molecule has 2 aromatic carbocycles. The van der Waals surface area contributed by atoms with E-state index in [1.165, 1.54) is 25.4 Å². The topological polar surface area (TPSA) is 67.6 Å². The largest absolute Gasteiger partial charge is 0.495 e. The molecule has 0 aliphatic rings. The highest BCUT2D eigenvalue weighted by molar-refractivity contribution is 6.32. The summed E-state index contributed by atoms with van der Waals surface area (Å²) in [6, 6.07) is 6.70. The van der Waals surface area contributed by atoms with Crippen molar-refractivity contribution in [2.24, 2.45) is 4.99 Å². The fourth-order valence-corrected chi connectivity index (χ4v) is 3.73. The Labute approximate surface area is 193 Å². The van der Waals surface area contributed by atoms with Gasteiger partial charge in [0, 0.05) is 29.9 Å². The van der Waals surface area contributed by atoms with Crippen LogP contribution in [0.3, 0.4) is 0 Å². The van der Waals surface area contributed by atoms with Crippen molar-refractivity contribution in [1.29, 1.82) is 0 Å². The molecule has 0 amide bonds.